The largest absolute Gasteiger partial charge is 0.478 e. The highest BCUT2D eigenvalue weighted by molar-refractivity contribution is 6.32. The summed E-state index contributed by atoms with van der Waals surface area (Å²) in [5.41, 5.74) is 1.96. The fourth-order valence-corrected chi connectivity index (χ4v) is 2.97. The van der Waals surface area contributed by atoms with E-state index in [0.29, 0.717) is 34.1 Å². The van der Waals surface area contributed by atoms with Crippen molar-refractivity contribution in [2.24, 2.45) is 5.10 Å². The molecule has 0 fully saturated rings. The molecule has 1 amide bonds. The highest BCUT2D eigenvalue weighted by atomic mass is 19.1. The van der Waals surface area contributed by atoms with Gasteiger partial charge in [0.15, 0.2) is 0 Å². The van der Waals surface area contributed by atoms with Gasteiger partial charge in [-0.05, 0) is 67.6 Å². The minimum Gasteiger partial charge on any atom is -0.478 e. The average molecular weight is 390 g/mol. The lowest BCUT2D eigenvalue weighted by Crippen LogP contribution is -2.21. The van der Waals surface area contributed by atoms with Crippen LogP contribution >= 0.6 is 0 Å². The molecule has 0 saturated heterocycles. The number of halogens is 1. The molecule has 0 aliphatic carbocycles. The van der Waals surface area contributed by atoms with Crippen molar-refractivity contribution in [3.05, 3.63) is 83.4 Å². The molecule has 0 saturated carbocycles. The van der Waals surface area contributed by atoms with Crippen LogP contribution in [0.25, 0.3) is 17.4 Å². The molecule has 144 valence electrons. The predicted octanol–water partition coefficient (Wildman–Crippen LogP) is 4.59. The highest BCUT2D eigenvalue weighted by Gasteiger charge is 2.29. The molecule has 0 atom stereocenters. The third kappa shape index (κ3) is 3.58. The quantitative estimate of drug-likeness (QED) is 0.661. The van der Waals surface area contributed by atoms with Crippen LogP contribution in [-0.2, 0) is 4.79 Å². The maximum Gasteiger partial charge on any atom is 0.335 e. The summed E-state index contributed by atoms with van der Waals surface area (Å²) in [6.45, 7) is 1.69. The van der Waals surface area contributed by atoms with Crippen molar-refractivity contribution in [2.75, 3.05) is 5.01 Å². The van der Waals surface area contributed by atoms with E-state index < -0.39 is 5.97 Å². The summed E-state index contributed by atoms with van der Waals surface area (Å²) in [6, 6.07) is 15.3. The molecule has 0 radical (unpaired) electrons. The Morgan fingerprint density at radius 2 is 1.90 bits per heavy atom. The third-order valence-corrected chi connectivity index (χ3v) is 4.44. The maximum atomic E-state index is 13.1. The van der Waals surface area contributed by atoms with Gasteiger partial charge in [-0.3, -0.25) is 4.79 Å². The Hall–Kier alpha value is -4.00. The van der Waals surface area contributed by atoms with Crippen molar-refractivity contribution >= 4 is 29.4 Å². The zero-order chi connectivity index (χ0) is 20.5. The summed E-state index contributed by atoms with van der Waals surface area (Å²) in [5.74, 6) is -0.812. The second-order valence-electron chi connectivity index (χ2n) is 6.42. The number of benzene rings is 2. The normalized spacial score (nSPS) is 15.1. The molecule has 3 aromatic rings. The summed E-state index contributed by atoms with van der Waals surface area (Å²) >= 11 is 0. The number of carboxylic acid groups (broad SMARTS) is 1. The van der Waals surface area contributed by atoms with Crippen LogP contribution in [0.5, 0.6) is 0 Å². The van der Waals surface area contributed by atoms with Crippen LogP contribution in [-0.4, -0.2) is 22.7 Å². The van der Waals surface area contributed by atoms with E-state index in [0.717, 1.165) is 5.01 Å². The van der Waals surface area contributed by atoms with Crippen molar-refractivity contribution in [1.29, 1.82) is 0 Å². The fraction of sp³-hybridized carbons (Fsp3) is 0.0455. The molecule has 1 aliphatic rings. The number of carbonyl (C=O) groups is 2. The van der Waals surface area contributed by atoms with Crippen LogP contribution < -0.4 is 5.01 Å². The Kier molecular flexibility index (Phi) is 4.56. The number of hydrogen-bond donors (Lipinski definition) is 1. The van der Waals surface area contributed by atoms with Gasteiger partial charge in [-0.2, -0.15) is 10.1 Å². The first-order valence-corrected chi connectivity index (χ1v) is 8.73. The molecule has 6 nitrogen and oxygen atoms in total. The average Bonchev–Trinajstić information content (AvgIpc) is 3.29. The van der Waals surface area contributed by atoms with Gasteiger partial charge in [0.25, 0.3) is 5.91 Å². The fourth-order valence-electron chi connectivity index (χ4n) is 2.97. The monoisotopic (exact) mass is 390 g/mol. The van der Waals surface area contributed by atoms with Crippen LogP contribution in [0.2, 0.25) is 0 Å². The molecule has 29 heavy (non-hydrogen) atoms. The van der Waals surface area contributed by atoms with Crippen molar-refractivity contribution in [2.45, 2.75) is 6.92 Å². The summed E-state index contributed by atoms with van der Waals surface area (Å²) in [7, 11) is 0. The molecule has 1 N–H and O–H groups in total. The van der Waals surface area contributed by atoms with Gasteiger partial charge in [-0.15, -0.1) is 0 Å². The number of aromatic carboxylic acids is 1. The number of furan rings is 1. The Balaban J connectivity index is 1.62. The number of carboxylic acids is 1. The minimum atomic E-state index is -1.08. The maximum absolute atomic E-state index is 13.1. The molecule has 2 aromatic carbocycles. The van der Waals surface area contributed by atoms with E-state index in [1.54, 1.807) is 49.4 Å². The van der Waals surface area contributed by atoms with Crippen LogP contribution in [0.4, 0.5) is 10.1 Å². The van der Waals surface area contributed by atoms with E-state index in [4.69, 9.17) is 9.52 Å². The number of amides is 1. The third-order valence-electron chi connectivity index (χ3n) is 4.44. The summed E-state index contributed by atoms with van der Waals surface area (Å²) < 4.78 is 18.8. The van der Waals surface area contributed by atoms with E-state index in [2.05, 4.69) is 5.10 Å². The summed E-state index contributed by atoms with van der Waals surface area (Å²) in [5, 5.41) is 14.6. The zero-order valence-electron chi connectivity index (χ0n) is 15.3. The topological polar surface area (TPSA) is 83.1 Å². The van der Waals surface area contributed by atoms with Gasteiger partial charge in [0.2, 0.25) is 0 Å². The van der Waals surface area contributed by atoms with E-state index in [1.807, 2.05) is 0 Å². The van der Waals surface area contributed by atoms with Crippen molar-refractivity contribution in [3.63, 3.8) is 0 Å². The molecule has 0 spiro atoms. The Morgan fingerprint density at radius 1 is 1.14 bits per heavy atom. The predicted molar refractivity (Wildman–Crippen MR) is 106 cm³/mol. The van der Waals surface area contributed by atoms with Crippen LogP contribution in [0, 0.1) is 5.82 Å². The van der Waals surface area contributed by atoms with Crippen LogP contribution in [0.3, 0.4) is 0 Å². The number of carbonyl (C=O) groups excluding carboxylic acids is 1. The van der Waals surface area contributed by atoms with Crippen LogP contribution in [0.1, 0.15) is 23.0 Å². The number of rotatable bonds is 4. The Bertz CT molecular complexity index is 1180. The molecule has 7 heteroatoms. The standard InChI is InChI=1S/C22H15FN2O4/c1-13-19(12-18-9-10-20(29-18)14-5-7-16(23)8-6-14)21(26)25(24-13)17-4-2-3-15(11-17)22(27)28/h2-12H,1H3,(H,27,28)/b19-12-. The van der Waals surface area contributed by atoms with E-state index in [-0.39, 0.29) is 17.3 Å². The zero-order valence-corrected chi connectivity index (χ0v) is 15.3. The van der Waals surface area contributed by atoms with Gasteiger partial charge < -0.3 is 9.52 Å². The summed E-state index contributed by atoms with van der Waals surface area (Å²) in [4.78, 5) is 24.0. The molecule has 0 bridgehead atoms. The number of hydrogen-bond acceptors (Lipinski definition) is 4. The molecular weight excluding hydrogens is 375 g/mol. The second kappa shape index (κ2) is 7.20. The first kappa shape index (κ1) is 18.4. The highest BCUT2D eigenvalue weighted by Crippen LogP contribution is 2.28. The Morgan fingerprint density at radius 3 is 2.62 bits per heavy atom. The Labute approximate surface area is 165 Å². The lowest BCUT2D eigenvalue weighted by Gasteiger charge is -2.12. The molecule has 2 heterocycles. The molecular formula is C22H15FN2O4. The SMILES string of the molecule is CC1=NN(c2cccc(C(=O)O)c2)C(=O)/C1=C\c1ccc(-c2ccc(F)cc2)o1. The van der Waals surface area contributed by atoms with Crippen LogP contribution in [0.15, 0.2) is 75.8 Å². The molecule has 4 rings (SSSR count). The van der Waals surface area contributed by atoms with E-state index >= 15 is 0 Å². The van der Waals surface area contributed by atoms with Gasteiger partial charge in [0.1, 0.15) is 17.3 Å². The molecule has 1 aromatic heterocycles. The number of nitrogens with zero attached hydrogens (tertiary/aromatic N) is 2. The lowest BCUT2D eigenvalue weighted by atomic mass is 10.1. The summed E-state index contributed by atoms with van der Waals surface area (Å²) in [6.07, 6.45) is 1.58. The lowest BCUT2D eigenvalue weighted by molar-refractivity contribution is -0.114. The van der Waals surface area contributed by atoms with Gasteiger partial charge >= 0.3 is 5.97 Å². The smallest absolute Gasteiger partial charge is 0.335 e. The number of anilines is 1. The number of hydrazone groups is 1. The van der Waals surface area contributed by atoms with E-state index in [9.17, 15) is 14.0 Å². The first-order chi connectivity index (χ1) is 13.9. The molecule has 1 aliphatic heterocycles. The minimum absolute atomic E-state index is 0.0653. The second-order valence-corrected chi connectivity index (χ2v) is 6.42. The van der Waals surface area contributed by atoms with Gasteiger partial charge in [0, 0.05) is 5.56 Å². The van der Waals surface area contributed by atoms with E-state index in [1.165, 1.54) is 24.3 Å². The van der Waals surface area contributed by atoms with Crippen molar-refractivity contribution in [3.8, 4) is 11.3 Å². The molecule has 0 unspecified atom stereocenters. The van der Waals surface area contributed by atoms with Gasteiger partial charge in [-0.1, -0.05) is 6.07 Å². The van der Waals surface area contributed by atoms with Crippen molar-refractivity contribution < 1.29 is 23.5 Å². The first-order valence-electron chi connectivity index (χ1n) is 8.73. The van der Waals surface area contributed by atoms with Crippen molar-refractivity contribution in [1.82, 2.24) is 0 Å². The van der Waals surface area contributed by atoms with Gasteiger partial charge in [-0.25, -0.2) is 9.18 Å². The van der Waals surface area contributed by atoms with Gasteiger partial charge in [0.05, 0.1) is 22.5 Å².